The van der Waals surface area contributed by atoms with Crippen molar-refractivity contribution < 1.29 is 9.53 Å². The Bertz CT molecular complexity index is 1390. The summed E-state index contributed by atoms with van der Waals surface area (Å²) >= 11 is 5.80. The van der Waals surface area contributed by atoms with Crippen LogP contribution in [0.15, 0.2) is 91.3 Å². The van der Waals surface area contributed by atoms with Crippen molar-refractivity contribution >= 4 is 28.9 Å². The summed E-state index contributed by atoms with van der Waals surface area (Å²) in [6.45, 7) is 5.08. The van der Waals surface area contributed by atoms with Crippen LogP contribution >= 0.6 is 12.2 Å². The second kappa shape index (κ2) is 11.5. The average Bonchev–Trinajstić information content (AvgIpc) is 3.54. The summed E-state index contributed by atoms with van der Waals surface area (Å²) in [5, 5.41) is 7.07. The average molecular weight is 526 g/mol. The number of ether oxygens (including phenoxy) is 1. The van der Waals surface area contributed by atoms with E-state index in [1.54, 1.807) is 6.20 Å². The molecule has 1 saturated heterocycles. The second-order valence-corrected chi connectivity index (χ2v) is 9.60. The van der Waals surface area contributed by atoms with E-state index in [9.17, 15) is 4.79 Å². The van der Waals surface area contributed by atoms with Crippen molar-refractivity contribution in [3.05, 3.63) is 108 Å². The number of aromatic nitrogens is 2. The van der Waals surface area contributed by atoms with Crippen LogP contribution in [0.25, 0.3) is 5.69 Å². The standard InChI is InChI=1S/C30H31N5O2S/c1-3-37-24-15-13-23(14-16-24)34-19-6-8-26(34)29-28(25-7-4-5-18-31-25)33-30(38)35(29)20-17-27(36)32-22-11-9-21(2)10-12-22/h4-16,18-19,28-29H,3,17,20H2,1-2H3,(H,32,36)(H,33,38)/t28-,29-/m1/s1. The number of anilines is 1. The van der Waals surface area contributed by atoms with Gasteiger partial charge in [0.1, 0.15) is 5.75 Å². The number of aryl methyl sites for hydroxylation is 1. The molecule has 0 aliphatic carbocycles. The number of hydrogen-bond donors (Lipinski definition) is 2. The van der Waals surface area contributed by atoms with Crippen LogP contribution in [0.5, 0.6) is 5.75 Å². The van der Waals surface area contributed by atoms with Crippen molar-refractivity contribution in [1.29, 1.82) is 0 Å². The monoisotopic (exact) mass is 525 g/mol. The minimum atomic E-state index is -0.166. The van der Waals surface area contributed by atoms with Crippen molar-refractivity contribution in [1.82, 2.24) is 19.8 Å². The molecule has 194 valence electrons. The van der Waals surface area contributed by atoms with Crippen molar-refractivity contribution in [2.75, 3.05) is 18.5 Å². The fourth-order valence-corrected chi connectivity index (χ4v) is 5.12. The van der Waals surface area contributed by atoms with Crippen LogP contribution in [0, 0.1) is 6.92 Å². The summed E-state index contributed by atoms with van der Waals surface area (Å²) in [7, 11) is 0. The maximum Gasteiger partial charge on any atom is 0.226 e. The van der Waals surface area contributed by atoms with E-state index in [-0.39, 0.29) is 18.0 Å². The molecule has 1 aliphatic heterocycles. The Hall–Kier alpha value is -4.17. The van der Waals surface area contributed by atoms with Gasteiger partial charge in [-0.05, 0) is 86.7 Å². The van der Waals surface area contributed by atoms with Crippen LogP contribution in [0.3, 0.4) is 0 Å². The van der Waals surface area contributed by atoms with Gasteiger partial charge < -0.3 is 24.8 Å². The van der Waals surface area contributed by atoms with Crippen LogP contribution in [0.4, 0.5) is 5.69 Å². The molecule has 7 nitrogen and oxygen atoms in total. The molecule has 0 radical (unpaired) electrons. The number of amides is 1. The highest BCUT2D eigenvalue weighted by molar-refractivity contribution is 7.80. The second-order valence-electron chi connectivity index (χ2n) is 9.21. The molecule has 1 fully saturated rings. The molecule has 2 N–H and O–H groups in total. The van der Waals surface area contributed by atoms with E-state index in [1.165, 1.54) is 0 Å². The van der Waals surface area contributed by atoms with Gasteiger partial charge in [0.05, 0.1) is 24.4 Å². The Balaban J connectivity index is 1.42. The third kappa shape index (κ3) is 5.55. The smallest absolute Gasteiger partial charge is 0.226 e. The first-order valence-electron chi connectivity index (χ1n) is 12.8. The third-order valence-electron chi connectivity index (χ3n) is 6.62. The van der Waals surface area contributed by atoms with Crippen molar-refractivity contribution in [3.8, 4) is 11.4 Å². The maximum absolute atomic E-state index is 12.8. The third-order valence-corrected chi connectivity index (χ3v) is 6.97. The molecule has 3 heterocycles. The van der Waals surface area contributed by atoms with Gasteiger partial charge in [0, 0.05) is 42.4 Å². The minimum Gasteiger partial charge on any atom is -0.494 e. The summed E-state index contributed by atoms with van der Waals surface area (Å²) in [4.78, 5) is 19.6. The number of rotatable bonds is 9. The fraction of sp³-hybridized carbons (Fsp3) is 0.233. The van der Waals surface area contributed by atoms with Gasteiger partial charge in [-0.2, -0.15) is 0 Å². The highest BCUT2D eigenvalue weighted by atomic mass is 32.1. The number of carbonyl (C=O) groups excluding carboxylic acids is 1. The molecule has 2 aromatic heterocycles. The summed E-state index contributed by atoms with van der Waals surface area (Å²) in [5.74, 6) is 0.778. The molecule has 0 saturated carbocycles. The molecule has 38 heavy (non-hydrogen) atoms. The zero-order valence-corrected chi connectivity index (χ0v) is 22.3. The van der Waals surface area contributed by atoms with Gasteiger partial charge in [-0.15, -0.1) is 0 Å². The summed E-state index contributed by atoms with van der Waals surface area (Å²) in [6.07, 6.45) is 4.13. The molecule has 1 amide bonds. The lowest BCUT2D eigenvalue weighted by atomic mass is 10.0. The predicted molar refractivity (Wildman–Crippen MR) is 154 cm³/mol. The van der Waals surface area contributed by atoms with E-state index in [2.05, 4.69) is 31.2 Å². The van der Waals surface area contributed by atoms with Gasteiger partial charge in [-0.25, -0.2) is 0 Å². The molecule has 2 atom stereocenters. The normalized spacial score (nSPS) is 16.8. The van der Waals surface area contributed by atoms with Gasteiger partial charge in [0.15, 0.2) is 5.11 Å². The first kappa shape index (κ1) is 25.5. The molecule has 0 unspecified atom stereocenters. The zero-order chi connectivity index (χ0) is 26.5. The van der Waals surface area contributed by atoms with Gasteiger partial charge in [-0.1, -0.05) is 23.8 Å². The lowest BCUT2D eigenvalue weighted by Gasteiger charge is -2.29. The van der Waals surface area contributed by atoms with E-state index < -0.39 is 0 Å². The first-order chi connectivity index (χ1) is 18.5. The fourth-order valence-electron chi connectivity index (χ4n) is 4.79. The Kier molecular flexibility index (Phi) is 7.70. The topological polar surface area (TPSA) is 71.4 Å². The van der Waals surface area contributed by atoms with Crippen LogP contribution in [-0.4, -0.2) is 38.6 Å². The molecule has 5 rings (SSSR count). The van der Waals surface area contributed by atoms with E-state index in [1.807, 2.05) is 92.8 Å². The first-order valence-corrected chi connectivity index (χ1v) is 13.2. The van der Waals surface area contributed by atoms with Gasteiger partial charge in [-0.3, -0.25) is 9.78 Å². The largest absolute Gasteiger partial charge is 0.494 e. The lowest BCUT2D eigenvalue weighted by molar-refractivity contribution is -0.116. The number of carbonyl (C=O) groups is 1. The van der Waals surface area contributed by atoms with Crippen LogP contribution in [0.1, 0.15) is 42.4 Å². The predicted octanol–water partition coefficient (Wildman–Crippen LogP) is 5.58. The number of benzene rings is 2. The van der Waals surface area contributed by atoms with Crippen LogP contribution in [0.2, 0.25) is 0 Å². The lowest BCUT2D eigenvalue weighted by Crippen LogP contribution is -2.33. The van der Waals surface area contributed by atoms with Crippen LogP contribution < -0.4 is 15.4 Å². The van der Waals surface area contributed by atoms with E-state index in [0.29, 0.717) is 24.7 Å². The Morgan fingerprint density at radius 3 is 2.55 bits per heavy atom. The molecular weight excluding hydrogens is 494 g/mol. The van der Waals surface area contributed by atoms with Gasteiger partial charge in [0.2, 0.25) is 5.91 Å². The molecule has 0 spiro atoms. The molecule has 8 heteroatoms. The Morgan fingerprint density at radius 2 is 1.84 bits per heavy atom. The molecule has 0 bridgehead atoms. The number of nitrogens with zero attached hydrogens (tertiary/aromatic N) is 3. The molecule has 2 aromatic carbocycles. The van der Waals surface area contributed by atoms with Gasteiger partial charge >= 0.3 is 0 Å². The Labute approximate surface area is 228 Å². The van der Waals surface area contributed by atoms with E-state index in [0.717, 1.165) is 34.1 Å². The van der Waals surface area contributed by atoms with Crippen LogP contribution in [-0.2, 0) is 4.79 Å². The highest BCUT2D eigenvalue weighted by Crippen LogP contribution is 2.39. The minimum absolute atomic E-state index is 0.0569. The van der Waals surface area contributed by atoms with Crippen molar-refractivity contribution in [3.63, 3.8) is 0 Å². The van der Waals surface area contributed by atoms with Crippen molar-refractivity contribution in [2.24, 2.45) is 0 Å². The quantitative estimate of drug-likeness (QED) is 0.278. The molecule has 1 aliphatic rings. The van der Waals surface area contributed by atoms with Crippen molar-refractivity contribution in [2.45, 2.75) is 32.4 Å². The number of thiocarbonyl (C=S) groups is 1. The number of pyridine rings is 1. The van der Waals surface area contributed by atoms with Gasteiger partial charge in [0.25, 0.3) is 0 Å². The molecule has 4 aromatic rings. The maximum atomic E-state index is 12.8. The SMILES string of the molecule is CCOc1ccc(-n2cccc2[C@@H]2[C@@H](c3ccccn3)NC(=S)N2CCC(=O)Nc2ccc(C)cc2)cc1. The Morgan fingerprint density at radius 1 is 1.05 bits per heavy atom. The number of hydrogen-bond acceptors (Lipinski definition) is 4. The van der Waals surface area contributed by atoms with E-state index in [4.69, 9.17) is 17.0 Å². The number of nitrogens with one attached hydrogen (secondary N) is 2. The summed E-state index contributed by atoms with van der Waals surface area (Å²) in [5.41, 5.74) is 4.90. The van der Waals surface area contributed by atoms with E-state index >= 15 is 0 Å². The summed E-state index contributed by atoms with van der Waals surface area (Å²) < 4.78 is 7.78. The summed E-state index contributed by atoms with van der Waals surface area (Å²) in [6, 6.07) is 25.5. The highest BCUT2D eigenvalue weighted by Gasteiger charge is 2.41. The molecular formula is C30H31N5O2S. The zero-order valence-electron chi connectivity index (χ0n) is 21.5.